The molecule has 0 aromatic carbocycles. The number of hydrogen-bond acceptors (Lipinski definition) is 3. The summed E-state index contributed by atoms with van der Waals surface area (Å²) in [5.74, 6) is 0.366. The Balaban J connectivity index is 1.75. The van der Waals surface area contributed by atoms with Gasteiger partial charge in [-0.25, -0.2) is 5.01 Å². The van der Waals surface area contributed by atoms with Gasteiger partial charge in [0.25, 0.3) is 0 Å². The van der Waals surface area contributed by atoms with Crippen molar-refractivity contribution in [3.63, 3.8) is 0 Å². The first kappa shape index (κ1) is 12.3. The fourth-order valence-corrected chi connectivity index (χ4v) is 3.01. The highest BCUT2D eigenvalue weighted by atomic mass is 16.2. The van der Waals surface area contributed by atoms with E-state index in [0.29, 0.717) is 0 Å². The largest absolute Gasteiger partial charge is 0.273 e. The van der Waals surface area contributed by atoms with Gasteiger partial charge < -0.3 is 0 Å². The first-order valence-corrected chi connectivity index (χ1v) is 7.11. The smallest absolute Gasteiger partial charge is 0.246 e. The molecule has 4 heteroatoms. The van der Waals surface area contributed by atoms with Gasteiger partial charge in [-0.05, 0) is 24.5 Å². The van der Waals surface area contributed by atoms with Gasteiger partial charge in [-0.3, -0.25) is 9.78 Å². The summed E-state index contributed by atoms with van der Waals surface area (Å²) < 4.78 is 0. The molecule has 0 saturated heterocycles. The Morgan fingerprint density at radius 2 is 2.11 bits per heavy atom. The molecule has 0 spiro atoms. The summed E-state index contributed by atoms with van der Waals surface area (Å²) >= 11 is 0. The molecule has 0 N–H and O–H groups in total. The van der Waals surface area contributed by atoms with Gasteiger partial charge in [-0.2, -0.15) is 5.10 Å². The molecule has 1 atom stereocenters. The third-order valence-corrected chi connectivity index (χ3v) is 4.08. The highest BCUT2D eigenvalue weighted by Crippen LogP contribution is 2.32. The van der Waals surface area contributed by atoms with Gasteiger partial charge in [-0.15, -0.1) is 0 Å². The summed E-state index contributed by atoms with van der Waals surface area (Å²) in [6.07, 6.45) is 11.9. The van der Waals surface area contributed by atoms with E-state index in [1.165, 1.54) is 19.3 Å². The van der Waals surface area contributed by atoms with E-state index < -0.39 is 0 Å². The van der Waals surface area contributed by atoms with Crippen molar-refractivity contribution in [3.05, 3.63) is 30.1 Å². The van der Waals surface area contributed by atoms with E-state index in [2.05, 4.69) is 10.1 Å². The molecular weight excluding hydrogens is 238 g/mol. The molecule has 100 valence electrons. The number of hydrazone groups is 1. The molecule has 19 heavy (non-hydrogen) atoms. The molecule has 3 rings (SSSR count). The van der Waals surface area contributed by atoms with E-state index in [9.17, 15) is 4.79 Å². The molecule has 0 bridgehead atoms. The van der Waals surface area contributed by atoms with Crippen LogP contribution < -0.4 is 0 Å². The second-order valence-electron chi connectivity index (χ2n) is 5.35. The van der Waals surface area contributed by atoms with Crippen LogP contribution >= 0.6 is 0 Å². The number of carbonyl (C=O) groups excluding carboxylic acids is 1. The first-order valence-electron chi connectivity index (χ1n) is 7.11. The molecule has 1 unspecified atom stereocenters. The van der Waals surface area contributed by atoms with Gasteiger partial charge >= 0.3 is 0 Å². The quantitative estimate of drug-likeness (QED) is 0.817. The van der Waals surface area contributed by atoms with E-state index in [1.54, 1.807) is 11.2 Å². The summed E-state index contributed by atoms with van der Waals surface area (Å²) in [5, 5.41) is 5.99. The highest BCUT2D eigenvalue weighted by molar-refractivity contribution is 5.82. The average Bonchev–Trinajstić information content (AvgIpc) is 2.98. The lowest BCUT2D eigenvalue weighted by atomic mass is 9.88. The number of pyridine rings is 1. The molecule has 1 saturated carbocycles. The van der Waals surface area contributed by atoms with Crippen LogP contribution in [0.3, 0.4) is 0 Å². The van der Waals surface area contributed by atoms with Crippen molar-refractivity contribution in [2.24, 2.45) is 11.0 Å². The zero-order valence-corrected chi connectivity index (χ0v) is 11.0. The number of hydrogen-bond donors (Lipinski definition) is 0. The van der Waals surface area contributed by atoms with Crippen LogP contribution in [-0.4, -0.2) is 22.1 Å². The molecule has 4 nitrogen and oxygen atoms in total. The van der Waals surface area contributed by atoms with Gasteiger partial charge in [0.15, 0.2) is 0 Å². The van der Waals surface area contributed by atoms with Gasteiger partial charge in [0, 0.05) is 30.9 Å². The van der Waals surface area contributed by atoms with Crippen LogP contribution in [0, 0.1) is 5.92 Å². The Hall–Kier alpha value is -1.71. The second-order valence-corrected chi connectivity index (χ2v) is 5.35. The lowest BCUT2D eigenvalue weighted by Crippen LogP contribution is -2.34. The summed E-state index contributed by atoms with van der Waals surface area (Å²) in [4.78, 5) is 16.7. The molecule has 1 aromatic rings. The minimum Gasteiger partial charge on any atom is -0.273 e. The van der Waals surface area contributed by atoms with Crippen LogP contribution in [0.5, 0.6) is 0 Å². The molecule has 0 radical (unpaired) electrons. The lowest BCUT2D eigenvalue weighted by Gasteiger charge is -2.28. The van der Waals surface area contributed by atoms with Gasteiger partial charge in [-0.1, -0.05) is 25.3 Å². The topological polar surface area (TPSA) is 45.6 Å². The number of carbonyl (C=O) groups is 1. The molecule has 1 aliphatic heterocycles. The van der Waals surface area contributed by atoms with E-state index in [4.69, 9.17) is 0 Å². The summed E-state index contributed by atoms with van der Waals surface area (Å²) in [6.45, 7) is 0. The fraction of sp³-hybridized carbons (Fsp3) is 0.533. The Morgan fingerprint density at radius 1 is 1.26 bits per heavy atom. The zero-order chi connectivity index (χ0) is 13.1. The highest BCUT2D eigenvalue weighted by Gasteiger charge is 2.33. The number of rotatable bonds is 2. The van der Waals surface area contributed by atoms with Crippen LogP contribution in [0.2, 0.25) is 0 Å². The predicted molar refractivity (Wildman–Crippen MR) is 73.5 cm³/mol. The Kier molecular flexibility index (Phi) is 3.58. The maximum absolute atomic E-state index is 12.6. The van der Waals surface area contributed by atoms with Crippen molar-refractivity contribution in [2.75, 3.05) is 0 Å². The van der Waals surface area contributed by atoms with Gasteiger partial charge in [0.2, 0.25) is 5.91 Å². The van der Waals surface area contributed by atoms with Crippen LogP contribution in [-0.2, 0) is 4.79 Å². The average molecular weight is 257 g/mol. The van der Waals surface area contributed by atoms with E-state index >= 15 is 0 Å². The van der Waals surface area contributed by atoms with Gasteiger partial charge in [0.1, 0.15) is 0 Å². The van der Waals surface area contributed by atoms with Gasteiger partial charge in [0.05, 0.1) is 6.04 Å². The number of amides is 1. The van der Waals surface area contributed by atoms with Crippen molar-refractivity contribution < 1.29 is 4.79 Å². The fourth-order valence-electron chi connectivity index (χ4n) is 3.01. The Bertz CT molecular complexity index is 466. The molecule has 1 aromatic heterocycles. The van der Waals surface area contributed by atoms with Crippen LogP contribution in [0.4, 0.5) is 0 Å². The summed E-state index contributed by atoms with van der Waals surface area (Å²) in [6, 6.07) is 3.98. The minimum absolute atomic E-state index is 0.0446. The summed E-state index contributed by atoms with van der Waals surface area (Å²) in [7, 11) is 0. The van der Waals surface area contributed by atoms with Crippen molar-refractivity contribution in [2.45, 2.75) is 44.6 Å². The molecule has 1 fully saturated rings. The maximum atomic E-state index is 12.6. The Labute approximate surface area is 113 Å². The maximum Gasteiger partial charge on any atom is 0.246 e. The van der Waals surface area contributed by atoms with Crippen molar-refractivity contribution in [1.29, 1.82) is 0 Å². The van der Waals surface area contributed by atoms with Crippen molar-refractivity contribution in [1.82, 2.24) is 9.99 Å². The SMILES string of the molecule is O=C(C1CCCCC1)N1N=CCC1c1cccnc1. The molecule has 2 heterocycles. The minimum atomic E-state index is 0.0446. The number of nitrogens with zero attached hydrogens (tertiary/aromatic N) is 3. The second kappa shape index (κ2) is 5.51. The third kappa shape index (κ3) is 2.53. The molecule has 1 aliphatic carbocycles. The van der Waals surface area contributed by atoms with E-state index in [0.717, 1.165) is 24.8 Å². The normalized spacial score (nSPS) is 23.8. The van der Waals surface area contributed by atoms with Crippen LogP contribution in [0.15, 0.2) is 29.6 Å². The molecule has 2 aliphatic rings. The van der Waals surface area contributed by atoms with E-state index in [1.807, 2.05) is 24.5 Å². The monoisotopic (exact) mass is 257 g/mol. The molecular formula is C15H19N3O. The summed E-state index contributed by atoms with van der Waals surface area (Å²) in [5.41, 5.74) is 1.07. The van der Waals surface area contributed by atoms with E-state index in [-0.39, 0.29) is 17.9 Å². The van der Waals surface area contributed by atoms with Crippen molar-refractivity contribution in [3.8, 4) is 0 Å². The third-order valence-electron chi connectivity index (χ3n) is 4.08. The zero-order valence-electron chi connectivity index (χ0n) is 11.0. The standard InChI is InChI=1S/C15H19N3O/c19-15(12-5-2-1-3-6-12)18-14(8-10-17-18)13-7-4-9-16-11-13/h4,7,9-12,14H,1-3,5-6,8H2. The van der Waals surface area contributed by atoms with Crippen LogP contribution in [0.25, 0.3) is 0 Å². The first-order chi connectivity index (χ1) is 9.36. The lowest BCUT2D eigenvalue weighted by molar-refractivity contribution is -0.138. The number of aromatic nitrogens is 1. The van der Waals surface area contributed by atoms with Crippen molar-refractivity contribution >= 4 is 12.1 Å². The Morgan fingerprint density at radius 3 is 2.84 bits per heavy atom. The predicted octanol–water partition coefficient (Wildman–Crippen LogP) is 2.92. The molecule has 1 amide bonds. The van der Waals surface area contributed by atoms with Crippen LogP contribution in [0.1, 0.15) is 50.1 Å².